The maximum atomic E-state index is 12.8. The van der Waals surface area contributed by atoms with E-state index in [-0.39, 0.29) is 18.0 Å². The summed E-state index contributed by atoms with van der Waals surface area (Å²) in [5.74, 6) is -0.621. The van der Waals surface area contributed by atoms with Gasteiger partial charge in [0, 0.05) is 6.07 Å². The molecule has 0 fully saturated rings. The van der Waals surface area contributed by atoms with Crippen LogP contribution in [0.15, 0.2) is 36.4 Å². The molecule has 7 heteroatoms. The lowest BCUT2D eigenvalue weighted by atomic mass is 10.1. The van der Waals surface area contributed by atoms with Crippen LogP contribution in [0.3, 0.4) is 0 Å². The number of halogens is 1. The van der Waals surface area contributed by atoms with Crippen molar-refractivity contribution < 1.29 is 18.8 Å². The fourth-order valence-corrected chi connectivity index (χ4v) is 1.92. The molecule has 0 unspecified atom stereocenters. The van der Waals surface area contributed by atoms with Crippen LogP contribution >= 0.6 is 0 Å². The highest BCUT2D eigenvalue weighted by Crippen LogP contribution is 2.27. The van der Waals surface area contributed by atoms with Crippen molar-refractivity contribution in [3.05, 3.63) is 63.5 Å². The minimum atomic E-state index is -0.553. The number of ether oxygens (including phenoxy) is 1. The molecule has 0 atom stereocenters. The first-order chi connectivity index (χ1) is 10.9. The second-order valence-electron chi connectivity index (χ2n) is 5.00. The van der Waals surface area contributed by atoms with E-state index < -0.39 is 16.6 Å². The molecule has 1 N–H and O–H groups in total. The Hall–Kier alpha value is -2.96. The Morgan fingerprint density at radius 3 is 2.43 bits per heavy atom. The summed E-state index contributed by atoms with van der Waals surface area (Å²) in [5.41, 5.74) is 1.52. The number of benzene rings is 2. The van der Waals surface area contributed by atoms with Crippen molar-refractivity contribution in [1.82, 2.24) is 0 Å². The largest absolute Gasteiger partial charge is 0.484 e. The fraction of sp³-hybridized carbons (Fsp3) is 0.188. The normalized spacial score (nSPS) is 10.2. The van der Waals surface area contributed by atoms with Gasteiger partial charge in [0.15, 0.2) is 6.61 Å². The average molecular weight is 318 g/mol. The van der Waals surface area contributed by atoms with Crippen molar-refractivity contribution in [1.29, 1.82) is 0 Å². The summed E-state index contributed by atoms with van der Waals surface area (Å²) in [5, 5.41) is 13.5. The summed E-state index contributed by atoms with van der Waals surface area (Å²) >= 11 is 0. The van der Waals surface area contributed by atoms with Crippen LogP contribution in [0.25, 0.3) is 0 Å². The van der Waals surface area contributed by atoms with E-state index in [0.717, 1.165) is 11.1 Å². The Kier molecular flexibility index (Phi) is 4.90. The molecule has 0 heterocycles. The molecular weight excluding hydrogens is 303 g/mol. The van der Waals surface area contributed by atoms with Crippen LogP contribution in [0.1, 0.15) is 11.1 Å². The van der Waals surface area contributed by atoms with Gasteiger partial charge in [0.2, 0.25) is 0 Å². The number of amides is 1. The molecule has 0 aliphatic rings. The van der Waals surface area contributed by atoms with Gasteiger partial charge in [0.1, 0.15) is 17.3 Å². The van der Waals surface area contributed by atoms with E-state index in [9.17, 15) is 19.3 Å². The monoisotopic (exact) mass is 318 g/mol. The fourth-order valence-electron chi connectivity index (χ4n) is 1.92. The first-order valence-electron chi connectivity index (χ1n) is 6.80. The standard InChI is InChI=1S/C16H15FN2O4/c1-10-7-14(15(19(21)22)8-11(10)2)18-16(20)9-23-13-5-3-12(17)4-6-13/h3-8H,9H2,1-2H3,(H,18,20). The smallest absolute Gasteiger partial charge is 0.293 e. The number of nitro groups is 1. The minimum absolute atomic E-state index is 0.116. The van der Waals surface area contributed by atoms with Crippen molar-refractivity contribution in [2.45, 2.75) is 13.8 Å². The number of carbonyl (C=O) groups excluding carboxylic acids is 1. The lowest BCUT2D eigenvalue weighted by Crippen LogP contribution is -2.21. The molecule has 0 radical (unpaired) electrons. The first kappa shape index (κ1) is 16.4. The van der Waals surface area contributed by atoms with E-state index in [1.807, 2.05) is 0 Å². The zero-order valence-electron chi connectivity index (χ0n) is 12.6. The minimum Gasteiger partial charge on any atom is -0.484 e. The molecule has 0 spiro atoms. The van der Waals surface area contributed by atoms with Crippen molar-refractivity contribution in [2.75, 3.05) is 11.9 Å². The van der Waals surface area contributed by atoms with Crippen LogP contribution in [-0.2, 0) is 4.79 Å². The van der Waals surface area contributed by atoms with Crippen LogP contribution < -0.4 is 10.1 Å². The number of aryl methyl sites for hydroxylation is 2. The van der Waals surface area contributed by atoms with Gasteiger partial charge in [-0.25, -0.2) is 4.39 Å². The molecule has 1 amide bonds. The molecule has 2 aromatic carbocycles. The topological polar surface area (TPSA) is 81.5 Å². The van der Waals surface area contributed by atoms with E-state index in [1.54, 1.807) is 19.9 Å². The second-order valence-corrected chi connectivity index (χ2v) is 5.00. The van der Waals surface area contributed by atoms with Gasteiger partial charge in [-0.3, -0.25) is 14.9 Å². The maximum Gasteiger partial charge on any atom is 0.293 e. The maximum absolute atomic E-state index is 12.8. The first-order valence-corrected chi connectivity index (χ1v) is 6.80. The SMILES string of the molecule is Cc1cc(NC(=O)COc2ccc(F)cc2)c([N+](=O)[O-])cc1C. The van der Waals surface area contributed by atoms with Gasteiger partial charge in [0.05, 0.1) is 4.92 Å². The number of nitrogens with zero attached hydrogens (tertiary/aromatic N) is 1. The van der Waals surface area contributed by atoms with Crippen molar-refractivity contribution >= 4 is 17.3 Å². The van der Waals surface area contributed by atoms with Gasteiger partial charge in [-0.2, -0.15) is 0 Å². The summed E-state index contributed by atoms with van der Waals surface area (Å²) in [6, 6.07) is 8.15. The zero-order valence-corrected chi connectivity index (χ0v) is 12.6. The molecule has 0 aliphatic heterocycles. The van der Waals surface area contributed by atoms with E-state index in [4.69, 9.17) is 4.74 Å². The Labute approximate surface area is 132 Å². The molecule has 0 aromatic heterocycles. The number of hydrogen-bond donors (Lipinski definition) is 1. The number of carbonyl (C=O) groups is 1. The third kappa shape index (κ3) is 4.26. The Morgan fingerprint density at radius 2 is 1.83 bits per heavy atom. The molecule has 2 rings (SSSR count). The third-order valence-electron chi connectivity index (χ3n) is 3.27. The Bertz CT molecular complexity index is 744. The summed E-state index contributed by atoms with van der Waals surface area (Å²) in [6.07, 6.45) is 0. The summed E-state index contributed by atoms with van der Waals surface area (Å²) < 4.78 is 18.0. The summed E-state index contributed by atoms with van der Waals surface area (Å²) in [6.45, 7) is 3.21. The lowest BCUT2D eigenvalue weighted by Gasteiger charge is -2.10. The highest BCUT2D eigenvalue weighted by molar-refractivity contribution is 5.94. The van der Waals surface area contributed by atoms with E-state index in [2.05, 4.69) is 5.32 Å². The molecule has 0 bridgehead atoms. The van der Waals surface area contributed by atoms with Gasteiger partial charge < -0.3 is 10.1 Å². The third-order valence-corrected chi connectivity index (χ3v) is 3.27. The predicted octanol–water partition coefficient (Wildman–Crippen LogP) is 3.37. The van der Waals surface area contributed by atoms with E-state index in [1.165, 1.54) is 30.3 Å². The molecule has 23 heavy (non-hydrogen) atoms. The molecule has 0 saturated carbocycles. The molecule has 6 nitrogen and oxygen atoms in total. The van der Waals surface area contributed by atoms with E-state index >= 15 is 0 Å². The Morgan fingerprint density at radius 1 is 1.22 bits per heavy atom. The van der Waals surface area contributed by atoms with Crippen molar-refractivity contribution in [2.24, 2.45) is 0 Å². The van der Waals surface area contributed by atoms with Crippen LogP contribution in [0, 0.1) is 29.8 Å². The highest BCUT2D eigenvalue weighted by atomic mass is 19.1. The van der Waals surface area contributed by atoms with Crippen LogP contribution in [0.4, 0.5) is 15.8 Å². The van der Waals surface area contributed by atoms with Gasteiger partial charge in [-0.1, -0.05) is 0 Å². The molecule has 120 valence electrons. The number of nitrogens with one attached hydrogen (secondary N) is 1. The molecule has 0 saturated heterocycles. The number of hydrogen-bond acceptors (Lipinski definition) is 4. The van der Waals surface area contributed by atoms with E-state index in [0.29, 0.717) is 5.75 Å². The quantitative estimate of drug-likeness (QED) is 0.677. The number of rotatable bonds is 5. The van der Waals surface area contributed by atoms with Gasteiger partial charge in [-0.05, 0) is 55.3 Å². The molecular formula is C16H15FN2O4. The summed E-state index contributed by atoms with van der Waals surface area (Å²) in [4.78, 5) is 22.4. The van der Waals surface area contributed by atoms with Gasteiger partial charge in [0.25, 0.3) is 11.6 Å². The number of nitro benzene ring substituents is 1. The lowest BCUT2D eigenvalue weighted by molar-refractivity contribution is -0.384. The van der Waals surface area contributed by atoms with Crippen molar-refractivity contribution in [3.63, 3.8) is 0 Å². The number of anilines is 1. The highest BCUT2D eigenvalue weighted by Gasteiger charge is 2.17. The van der Waals surface area contributed by atoms with Crippen LogP contribution in [0.2, 0.25) is 0 Å². The summed E-state index contributed by atoms with van der Waals surface area (Å²) in [7, 11) is 0. The van der Waals surface area contributed by atoms with Crippen LogP contribution in [0.5, 0.6) is 5.75 Å². The molecule has 0 aliphatic carbocycles. The van der Waals surface area contributed by atoms with Gasteiger partial charge >= 0.3 is 0 Å². The van der Waals surface area contributed by atoms with Gasteiger partial charge in [-0.15, -0.1) is 0 Å². The zero-order chi connectivity index (χ0) is 17.0. The average Bonchev–Trinajstić information content (AvgIpc) is 2.50. The second kappa shape index (κ2) is 6.87. The van der Waals surface area contributed by atoms with Crippen LogP contribution in [-0.4, -0.2) is 17.4 Å². The Balaban J connectivity index is 2.06. The van der Waals surface area contributed by atoms with Crippen molar-refractivity contribution in [3.8, 4) is 5.75 Å². The predicted molar refractivity (Wildman–Crippen MR) is 83.1 cm³/mol. The molecule has 2 aromatic rings.